The lowest BCUT2D eigenvalue weighted by molar-refractivity contribution is -0.124. The van der Waals surface area contributed by atoms with Crippen molar-refractivity contribution in [1.82, 2.24) is 10.2 Å². The summed E-state index contributed by atoms with van der Waals surface area (Å²) >= 11 is 0. The molecule has 0 aliphatic carbocycles. The molecule has 0 unspecified atom stereocenters. The summed E-state index contributed by atoms with van der Waals surface area (Å²) in [6.45, 7) is 2.29. The Morgan fingerprint density at radius 3 is 3.05 bits per heavy atom. The molecule has 1 fully saturated rings. The van der Waals surface area contributed by atoms with E-state index in [2.05, 4.69) is 10.2 Å². The van der Waals surface area contributed by atoms with Crippen LogP contribution in [0.4, 0.5) is 8.78 Å². The first-order chi connectivity index (χ1) is 10.0. The zero-order valence-corrected chi connectivity index (χ0v) is 11.8. The largest absolute Gasteiger partial charge is 0.481 e. The molecule has 0 aromatic heterocycles. The van der Waals surface area contributed by atoms with Gasteiger partial charge in [-0.2, -0.15) is 0 Å². The van der Waals surface area contributed by atoms with Crippen LogP contribution in [0.5, 0.6) is 5.75 Å². The van der Waals surface area contributed by atoms with Crippen LogP contribution >= 0.6 is 0 Å². The molecular weight excluding hydrogens is 282 g/mol. The van der Waals surface area contributed by atoms with Crippen molar-refractivity contribution in [2.75, 3.05) is 39.9 Å². The number of rotatable bonds is 5. The Morgan fingerprint density at radius 1 is 1.52 bits per heavy atom. The van der Waals surface area contributed by atoms with Gasteiger partial charge in [-0.3, -0.25) is 4.79 Å². The van der Waals surface area contributed by atoms with Gasteiger partial charge in [-0.25, -0.2) is 8.78 Å². The van der Waals surface area contributed by atoms with Crippen molar-refractivity contribution in [3.63, 3.8) is 0 Å². The van der Waals surface area contributed by atoms with Crippen molar-refractivity contribution in [2.45, 2.75) is 6.10 Å². The Labute approximate surface area is 121 Å². The second-order valence-electron chi connectivity index (χ2n) is 4.92. The molecule has 0 radical (unpaired) electrons. The van der Waals surface area contributed by atoms with Gasteiger partial charge in [0.1, 0.15) is 5.82 Å². The number of ether oxygens (including phenoxy) is 2. The fourth-order valence-electron chi connectivity index (χ4n) is 2.00. The second kappa shape index (κ2) is 7.33. The minimum atomic E-state index is -0.833. The van der Waals surface area contributed by atoms with Crippen molar-refractivity contribution in [3.8, 4) is 5.75 Å². The maximum Gasteiger partial charge on any atom is 0.258 e. The standard InChI is InChI=1S/C14H18F2N2O3/c1-18-4-5-20-11(8-18)7-17-14(19)9-21-13-3-2-10(15)6-12(13)16/h2-3,6,11H,4-5,7-9H2,1H3,(H,17,19)/t11-/m1/s1. The van der Waals surface area contributed by atoms with Crippen LogP contribution in [0, 0.1) is 11.6 Å². The van der Waals surface area contributed by atoms with Gasteiger partial charge >= 0.3 is 0 Å². The molecule has 1 aromatic carbocycles. The summed E-state index contributed by atoms with van der Waals surface area (Å²) in [6, 6.07) is 2.93. The van der Waals surface area contributed by atoms with Gasteiger partial charge in [-0.05, 0) is 19.2 Å². The Balaban J connectivity index is 1.72. The van der Waals surface area contributed by atoms with Crippen LogP contribution in [0.25, 0.3) is 0 Å². The van der Waals surface area contributed by atoms with Gasteiger partial charge in [-0.1, -0.05) is 0 Å². The lowest BCUT2D eigenvalue weighted by atomic mass is 10.3. The van der Waals surface area contributed by atoms with Crippen LogP contribution in [0.3, 0.4) is 0 Å². The third kappa shape index (κ3) is 4.95. The maximum absolute atomic E-state index is 13.3. The molecule has 1 aromatic rings. The Morgan fingerprint density at radius 2 is 2.33 bits per heavy atom. The molecule has 0 bridgehead atoms. The predicted octanol–water partition coefficient (Wildman–Crippen LogP) is 0.790. The molecule has 7 heteroatoms. The molecule has 1 aliphatic heterocycles. The monoisotopic (exact) mass is 300 g/mol. The Bertz CT molecular complexity index is 499. The smallest absolute Gasteiger partial charge is 0.258 e. The summed E-state index contributed by atoms with van der Waals surface area (Å²) in [7, 11) is 1.98. The van der Waals surface area contributed by atoms with E-state index in [-0.39, 0.29) is 24.4 Å². The molecule has 1 heterocycles. The van der Waals surface area contributed by atoms with Gasteiger partial charge in [0.15, 0.2) is 18.2 Å². The number of morpholine rings is 1. The highest BCUT2D eigenvalue weighted by Gasteiger charge is 2.18. The van der Waals surface area contributed by atoms with Gasteiger partial charge in [-0.15, -0.1) is 0 Å². The lowest BCUT2D eigenvalue weighted by Crippen LogP contribution is -2.46. The van der Waals surface area contributed by atoms with Crippen LogP contribution in [0.15, 0.2) is 18.2 Å². The van der Waals surface area contributed by atoms with E-state index in [1.165, 1.54) is 0 Å². The van der Waals surface area contributed by atoms with Crippen LogP contribution < -0.4 is 10.1 Å². The zero-order chi connectivity index (χ0) is 15.2. The number of nitrogens with one attached hydrogen (secondary N) is 1. The minimum Gasteiger partial charge on any atom is -0.481 e. The van der Waals surface area contributed by atoms with Crippen molar-refractivity contribution in [1.29, 1.82) is 0 Å². The third-order valence-electron chi connectivity index (χ3n) is 3.12. The number of nitrogens with zero attached hydrogens (tertiary/aromatic N) is 1. The van der Waals surface area contributed by atoms with E-state index in [1.807, 2.05) is 7.05 Å². The number of carbonyl (C=O) groups is 1. The van der Waals surface area contributed by atoms with Gasteiger partial charge in [0.05, 0.1) is 12.7 Å². The first-order valence-corrected chi connectivity index (χ1v) is 6.69. The summed E-state index contributed by atoms with van der Waals surface area (Å²) in [5, 5.41) is 2.66. The molecule has 21 heavy (non-hydrogen) atoms. The molecule has 5 nitrogen and oxygen atoms in total. The summed E-state index contributed by atoms with van der Waals surface area (Å²) in [5.74, 6) is -2.06. The number of hydrogen-bond donors (Lipinski definition) is 1. The Hall–Kier alpha value is -1.73. The quantitative estimate of drug-likeness (QED) is 0.873. The lowest BCUT2D eigenvalue weighted by Gasteiger charge is -2.30. The normalized spacial score (nSPS) is 19.3. The Kier molecular flexibility index (Phi) is 5.46. The number of benzene rings is 1. The van der Waals surface area contributed by atoms with Crippen LogP contribution in [-0.4, -0.2) is 56.8 Å². The highest BCUT2D eigenvalue weighted by Crippen LogP contribution is 2.17. The van der Waals surface area contributed by atoms with E-state index in [4.69, 9.17) is 9.47 Å². The predicted molar refractivity (Wildman–Crippen MR) is 72.1 cm³/mol. The molecule has 1 saturated heterocycles. The maximum atomic E-state index is 13.3. The van der Waals surface area contributed by atoms with Crippen LogP contribution in [0.1, 0.15) is 0 Å². The second-order valence-corrected chi connectivity index (χ2v) is 4.92. The molecule has 0 spiro atoms. The molecule has 1 aliphatic rings. The molecule has 1 amide bonds. The van der Waals surface area contributed by atoms with E-state index >= 15 is 0 Å². The third-order valence-corrected chi connectivity index (χ3v) is 3.12. The van der Waals surface area contributed by atoms with Crippen LogP contribution in [-0.2, 0) is 9.53 Å². The molecular formula is C14H18F2N2O3. The first-order valence-electron chi connectivity index (χ1n) is 6.69. The average molecular weight is 300 g/mol. The van der Waals surface area contributed by atoms with Crippen molar-refractivity contribution >= 4 is 5.91 Å². The van der Waals surface area contributed by atoms with Gasteiger partial charge in [0.25, 0.3) is 5.91 Å². The van der Waals surface area contributed by atoms with Gasteiger partial charge in [0.2, 0.25) is 0 Å². The summed E-state index contributed by atoms with van der Waals surface area (Å²) in [4.78, 5) is 13.7. The summed E-state index contributed by atoms with van der Waals surface area (Å²) in [5.41, 5.74) is 0. The number of carbonyl (C=O) groups excluding carboxylic acids is 1. The van der Waals surface area contributed by atoms with Crippen molar-refractivity contribution < 1.29 is 23.0 Å². The molecule has 116 valence electrons. The first kappa shape index (κ1) is 15.7. The molecule has 2 rings (SSSR count). The highest BCUT2D eigenvalue weighted by molar-refractivity contribution is 5.77. The topological polar surface area (TPSA) is 50.8 Å². The van der Waals surface area contributed by atoms with E-state index in [9.17, 15) is 13.6 Å². The van der Waals surface area contributed by atoms with Gasteiger partial charge < -0.3 is 19.7 Å². The van der Waals surface area contributed by atoms with Crippen molar-refractivity contribution in [3.05, 3.63) is 29.8 Å². The van der Waals surface area contributed by atoms with Gasteiger partial charge in [0, 0.05) is 25.7 Å². The summed E-state index contributed by atoms with van der Waals surface area (Å²) < 4.78 is 36.5. The number of halogens is 2. The number of hydrogen-bond acceptors (Lipinski definition) is 4. The minimum absolute atomic E-state index is 0.0599. The fraction of sp³-hybridized carbons (Fsp3) is 0.500. The fourth-order valence-corrected chi connectivity index (χ4v) is 2.00. The molecule has 1 N–H and O–H groups in total. The van der Waals surface area contributed by atoms with E-state index in [1.54, 1.807) is 0 Å². The average Bonchev–Trinajstić information content (AvgIpc) is 2.44. The number of amides is 1. The highest BCUT2D eigenvalue weighted by atomic mass is 19.1. The molecule has 1 atom stereocenters. The SMILES string of the molecule is CN1CCO[C@H](CNC(=O)COc2ccc(F)cc2F)C1. The van der Waals surface area contributed by atoms with Crippen molar-refractivity contribution in [2.24, 2.45) is 0 Å². The van der Waals surface area contributed by atoms with Crippen LogP contribution in [0.2, 0.25) is 0 Å². The molecule has 0 saturated carbocycles. The van der Waals surface area contributed by atoms with E-state index in [0.29, 0.717) is 19.2 Å². The van der Waals surface area contributed by atoms with E-state index < -0.39 is 11.6 Å². The summed E-state index contributed by atoms with van der Waals surface area (Å²) in [6.07, 6.45) is -0.0599. The zero-order valence-electron chi connectivity index (χ0n) is 11.8. The van der Waals surface area contributed by atoms with E-state index in [0.717, 1.165) is 25.2 Å². The number of likely N-dealkylation sites (N-methyl/N-ethyl adjacent to an activating group) is 1.